The number of nitrogens with two attached hydrogens (primary N) is 1. The van der Waals surface area contributed by atoms with Gasteiger partial charge < -0.3 is 29.4 Å². The van der Waals surface area contributed by atoms with Gasteiger partial charge in [-0.1, -0.05) is 0 Å². The summed E-state index contributed by atoms with van der Waals surface area (Å²) in [5.74, 6) is -1.30. The maximum atomic E-state index is 11.9. The zero-order valence-corrected chi connectivity index (χ0v) is 18.4. The van der Waals surface area contributed by atoms with Gasteiger partial charge in [0.1, 0.15) is 30.6 Å². The summed E-state index contributed by atoms with van der Waals surface area (Å²) in [6, 6.07) is 5.11. The molecule has 0 amide bonds. The van der Waals surface area contributed by atoms with Crippen molar-refractivity contribution in [2.75, 3.05) is 12.3 Å². The normalized spacial score (nSPS) is 24.3. The number of carbonyl (C=O) groups excluding carboxylic acids is 3. The molecule has 4 atom stereocenters. The SMILES string of the molecule is CC(=O)O[C@H]1[C@H](c2ccc3c(N)ncnn23)O[C@](C#N)(COC(=O)OC(C)C)[C@H]1OC(C)=O. The highest BCUT2D eigenvalue weighted by molar-refractivity contribution is 5.68. The first-order chi connectivity index (χ1) is 15.6. The minimum absolute atomic E-state index is 0.182. The van der Waals surface area contributed by atoms with Crippen LogP contribution in [0.3, 0.4) is 0 Å². The molecule has 0 spiro atoms. The molecule has 3 heterocycles. The van der Waals surface area contributed by atoms with Gasteiger partial charge in [0, 0.05) is 13.8 Å². The molecule has 1 aliphatic heterocycles. The van der Waals surface area contributed by atoms with Gasteiger partial charge in [0.05, 0.1) is 11.8 Å². The van der Waals surface area contributed by atoms with Crippen LogP contribution in [-0.4, -0.2) is 63.2 Å². The van der Waals surface area contributed by atoms with Crippen LogP contribution in [0.1, 0.15) is 39.5 Å². The largest absolute Gasteiger partial charge is 0.508 e. The summed E-state index contributed by atoms with van der Waals surface area (Å²) in [6.07, 6.45) is -4.16. The lowest BCUT2D eigenvalue weighted by molar-refractivity contribution is -0.167. The van der Waals surface area contributed by atoms with E-state index in [1.54, 1.807) is 26.0 Å². The van der Waals surface area contributed by atoms with E-state index in [0.29, 0.717) is 11.2 Å². The van der Waals surface area contributed by atoms with Gasteiger partial charge in [-0.25, -0.2) is 14.3 Å². The molecule has 0 saturated carbocycles. The average Bonchev–Trinajstić information content (AvgIpc) is 3.27. The van der Waals surface area contributed by atoms with Crippen LogP contribution in [0.25, 0.3) is 5.52 Å². The van der Waals surface area contributed by atoms with Crippen molar-refractivity contribution >= 4 is 29.4 Å². The lowest BCUT2D eigenvalue weighted by atomic mass is 9.95. The molecule has 3 rings (SSSR count). The molecule has 33 heavy (non-hydrogen) atoms. The van der Waals surface area contributed by atoms with E-state index in [4.69, 9.17) is 29.4 Å². The fourth-order valence-electron chi connectivity index (χ4n) is 3.49. The Morgan fingerprint density at radius 2 is 1.97 bits per heavy atom. The topological polar surface area (TPSA) is 177 Å². The highest BCUT2D eigenvalue weighted by atomic mass is 16.7. The van der Waals surface area contributed by atoms with Gasteiger partial charge in [0.2, 0.25) is 5.60 Å². The number of anilines is 1. The molecule has 13 heteroatoms. The molecule has 0 aliphatic carbocycles. The van der Waals surface area contributed by atoms with Crippen molar-refractivity contribution in [3.63, 3.8) is 0 Å². The lowest BCUT2D eigenvalue weighted by Gasteiger charge is -2.27. The van der Waals surface area contributed by atoms with Gasteiger partial charge in [0.25, 0.3) is 0 Å². The van der Waals surface area contributed by atoms with Crippen LogP contribution in [0.15, 0.2) is 18.5 Å². The van der Waals surface area contributed by atoms with Crippen molar-refractivity contribution in [1.82, 2.24) is 14.6 Å². The molecule has 0 unspecified atom stereocenters. The number of nitrogen functional groups attached to an aromatic ring is 1. The maximum Gasteiger partial charge on any atom is 0.508 e. The Hall–Kier alpha value is -3.92. The summed E-state index contributed by atoms with van der Waals surface area (Å²) < 4.78 is 28.2. The molecule has 2 aromatic rings. The standard InChI is InChI=1S/C20H23N5O8/c1-10(2)30-19(28)29-8-20(7-21)17(32-12(4)27)16(31-11(3)26)15(33-20)13-5-6-14-18(22)23-9-24-25(13)14/h5-6,9-10,15-17H,8H2,1-4H3,(H2,22,23,24)/t15-,16-,17-,20+/m0/s1. The Kier molecular flexibility index (Phi) is 6.68. The van der Waals surface area contributed by atoms with Crippen LogP contribution in [0.4, 0.5) is 10.6 Å². The molecular weight excluding hydrogens is 438 g/mol. The number of hydrogen-bond acceptors (Lipinski definition) is 12. The second-order valence-electron chi connectivity index (χ2n) is 7.55. The summed E-state index contributed by atoms with van der Waals surface area (Å²) in [4.78, 5) is 39.6. The summed E-state index contributed by atoms with van der Waals surface area (Å²) in [7, 11) is 0. The second-order valence-corrected chi connectivity index (χ2v) is 7.55. The number of rotatable bonds is 6. The van der Waals surface area contributed by atoms with E-state index in [1.165, 1.54) is 10.8 Å². The monoisotopic (exact) mass is 461 g/mol. The summed E-state index contributed by atoms with van der Waals surface area (Å²) in [5.41, 5.74) is 4.64. The zero-order chi connectivity index (χ0) is 24.3. The molecule has 13 nitrogen and oxygen atoms in total. The highest BCUT2D eigenvalue weighted by Gasteiger charge is 2.61. The van der Waals surface area contributed by atoms with Crippen LogP contribution in [0, 0.1) is 11.3 Å². The number of nitriles is 1. The summed E-state index contributed by atoms with van der Waals surface area (Å²) >= 11 is 0. The van der Waals surface area contributed by atoms with Crippen molar-refractivity contribution < 1.29 is 38.1 Å². The average molecular weight is 461 g/mol. The van der Waals surface area contributed by atoms with Crippen molar-refractivity contribution in [3.8, 4) is 6.07 Å². The van der Waals surface area contributed by atoms with Gasteiger partial charge in [-0.05, 0) is 26.0 Å². The Balaban J connectivity index is 2.06. The Morgan fingerprint density at radius 1 is 1.27 bits per heavy atom. The molecular formula is C20H23N5O8. The first-order valence-electron chi connectivity index (χ1n) is 9.93. The molecule has 1 aliphatic rings. The van der Waals surface area contributed by atoms with Gasteiger partial charge in [-0.2, -0.15) is 10.4 Å². The smallest absolute Gasteiger partial charge is 0.455 e. The summed E-state index contributed by atoms with van der Waals surface area (Å²) in [6.45, 7) is 4.85. The van der Waals surface area contributed by atoms with Crippen LogP contribution >= 0.6 is 0 Å². The number of fused-ring (bicyclic) bond motifs is 1. The van der Waals surface area contributed by atoms with E-state index in [-0.39, 0.29) is 5.82 Å². The van der Waals surface area contributed by atoms with Crippen molar-refractivity contribution in [2.45, 2.75) is 57.7 Å². The predicted octanol–water partition coefficient (Wildman–Crippen LogP) is 1.07. The van der Waals surface area contributed by atoms with E-state index in [2.05, 4.69) is 10.1 Å². The summed E-state index contributed by atoms with van der Waals surface area (Å²) in [5, 5.41) is 14.2. The van der Waals surface area contributed by atoms with Gasteiger partial charge >= 0.3 is 18.1 Å². The molecule has 0 radical (unpaired) electrons. The number of ether oxygens (including phenoxy) is 5. The third-order valence-electron chi connectivity index (χ3n) is 4.72. The van der Waals surface area contributed by atoms with Crippen LogP contribution in [0.2, 0.25) is 0 Å². The number of hydrogen-bond donors (Lipinski definition) is 1. The van der Waals surface area contributed by atoms with Crippen LogP contribution < -0.4 is 5.73 Å². The Labute approximate surface area is 188 Å². The van der Waals surface area contributed by atoms with Crippen molar-refractivity contribution in [1.29, 1.82) is 5.26 Å². The van der Waals surface area contributed by atoms with E-state index >= 15 is 0 Å². The van der Waals surface area contributed by atoms with E-state index in [9.17, 15) is 19.6 Å². The van der Waals surface area contributed by atoms with Crippen molar-refractivity contribution in [3.05, 3.63) is 24.2 Å². The first-order valence-corrected chi connectivity index (χ1v) is 9.93. The third-order valence-corrected chi connectivity index (χ3v) is 4.72. The first kappa shape index (κ1) is 23.7. The van der Waals surface area contributed by atoms with Crippen LogP contribution in [-0.2, 0) is 33.3 Å². The van der Waals surface area contributed by atoms with E-state index in [0.717, 1.165) is 13.8 Å². The number of aromatic nitrogens is 3. The highest BCUT2D eigenvalue weighted by Crippen LogP contribution is 2.44. The Bertz CT molecular complexity index is 1110. The Morgan fingerprint density at radius 3 is 2.58 bits per heavy atom. The fourth-order valence-corrected chi connectivity index (χ4v) is 3.49. The number of nitrogens with zero attached hydrogens (tertiary/aromatic N) is 4. The molecule has 2 aromatic heterocycles. The molecule has 1 saturated heterocycles. The van der Waals surface area contributed by atoms with Gasteiger partial charge in [-0.3, -0.25) is 9.59 Å². The van der Waals surface area contributed by atoms with Crippen LogP contribution in [0.5, 0.6) is 0 Å². The van der Waals surface area contributed by atoms with E-state index in [1.807, 2.05) is 6.07 Å². The number of esters is 2. The minimum atomic E-state index is -2.02. The third kappa shape index (κ3) is 4.80. The van der Waals surface area contributed by atoms with Gasteiger partial charge in [0.15, 0.2) is 18.0 Å². The maximum absolute atomic E-state index is 11.9. The predicted molar refractivity (Wildman–Crippen MR) is 108 cm³/mol. The van der Waals surface area contributed by atoms with E-state index < -0.39 is 54.7 Å². The zero-order valence-electron chi connectivity index (χ0n) is 18.4. The fraction of sp³-hybridized carbons (Fsp3) is 0.500. The van der Waals surface area contributed by atoms with Gasteiger partial charge in [-0.15, -0.1) is 0 Å². The molecule has 176 valence electrons. The lowest BCUT2D eigenvalue weighted by Crippen LogP contribution is -2.49. The van der Waals surface area contributed by atoms with Crippen molar-refractivity contribution in [2.24, 2.45) is 0 Å². The molecule has 1 fully saturated rings. The molecule has 0 aromatic carbocycles. The quantitative estimate of drug-likeness (QED) is 0.478. The molecule has 0 bridgehead atoms. The minimum Gasteiger partial charge on any atom is -0.455 e. The second kappa shape index (κ2) is 9.29. The number of carbonyl (C=O) groups is 3. The molecule has 2 N–H and O–H groups in total.